The Bertz CT molecular complexity index is 440. The van der Waals surface area contributed by atoms with Gasteiger partial charge in [-0.3, -0.25) is 9.59 Å². The molecule has 4 heteroatoms. The lowest BCUT2D eigenvalue weighted by molar-refractivity contribution is -0.156. The summed E-state index contributed by atoms with van der Waals surface area (Å²) >= 11 is 0. The van der Waals surface area contributed by atoms with E-state index in [1.165, 1.54) is 0 Å². The van der Waals surface area contributed by atoms with E-state index in [0.717, 1.165) is 45.1 Å². The Labute approximate surface area is 127 Å². The average molecular weight is 292 g/mol. The minimum atomic E-state index is -0.639. The van der Waals surface area contributed by atoms with Gasteiger partial charge in [-0.15, -0.1) is 0 Å². The van der Waals surface area contributed by atoms with Gasteiger partial charge in [-0.1, -0.05) is 13.8 Å². The van der Waals surface area contributed by atoms with Crippen molar-refractivity contribution in [3.63, 3.8) is 0 Å². The number of piperazine rings is 1. The van der Waals surface area contributed by atoms with Gasteiger partial charge in [0.15, 0.2) is 0 Å². The molecule has 2 unspecified atom stereocenters. The third-order valence-corrected chi connectivity index (χ3v) is 5.34. The third-order valence-electron chi connectivity index (χ3n) is 5.34. The summed E-state index contributed by atoms with van der Waals surface area (Å²) in [6.45, 7) is 7.09. The third kappa shape index (κ3) is 2.82. The lowest BCUT2D eigenvalue weighted by Crippen LogP contribution is -2.70. The maximum absolute atomic E-state index is 13.0. The zero-order valence-corrected chi connectivity index (χ0v) is 13.5. The van der Waals surface area contributed by atoms with E-state index in [-0.39, 0.29) is 17.9 Å². The Morgan fingerprint density at radius 1 is 1.24 bits per heavy atom. The molecule has 0 aromatic rings. The molecule has 0 bridgehead atoms. The molecule has 1 N–H and O–H groups in total. The topological polar surface area (TPSA) is 49.4 Å². The molecule has 1 heterocycles. The van der Waals surface area contributed by atoms with Crippen LogP contribution in [0.5, 0.6) is 0 Å². The normalized spacial score (nSPS) is 33.5. The van der Waals surface area contributed by atoms with Crippen LogP contribution in [0.25, 0.3) is 0 Å². The standard InChI is InChI=1S/C17H28N2O2/c1-11(2)5-4-10-19-14(12-6-7-12)15(20)18-17(3,16(19)21)13-8-9-13/h11-14H,4-10H2,1-3H3,(H,18,20). The van der Waals surface area contributed by atoms with Gasteiger partial charge in [-0.25, -0.2) is 0 Å². The monoisotopic (exact) mass is 292 g/mol. The van der Waals surface area contributed by atoms with Crippen LogP contribution in [0.15, 0.2) is 0 Å². The first-order valence-corrected chi connectivity index (χ1v) is 8.56. The molecule has 0 radical (unpaired) electrons. The summed E-state index contributed by atoms with van der Waals surface area (Å²) < 4.78 is 0. The highest BCUT2D eigenvalue weighted by molar-refractivity contribution is 6.00. The summed E-state index contributed by atoms with van der Waals surface area (Å²) in [6, 6.07) is -0.198. The molecule has 1 aliphatic heterocycles. The van der Waals surface area contributed by atoms with Gasteiger partial charge >= 0.3 is 0 Å². The van der Waals surface area contributed by atoms with Crippen LogP contribution in [0, 0.1) is 17.8 Å². The quantitative estimate of drug-likeness (QED) is 0.817. The van der Waals surface area contributed by atoms with Crippen molar-refractivity contribution in [2.75, 3.05) is 6.54 Å². The number of nitrogens with zero attached hydrogens (tertiary/aromatic N) is 1. The second-order valence-electron chi connectivity index (χ2n) is 7.78. The molecule has 2 amide bonds. The van der Waals surface area contributed by atoms with Gasteiger partial charge in [0, 0.05) is 6.54 Å². The Balaban J connectivity index is 1.75. The molecule has 2 saturated carbocycles. The van der Waals surface area contributed by atoms with Gasteiger partial charge in [-0.05, 0) is 63.2 Å². The molecule has 1 saturated heterocycles. The molecule has 3 aliphatic rings. The predicted octanol–water partition coefficient (Wildman–Crippen LogP) is 2.33. The van der Waals surface area contributed by atoms with Crippen LogP contribution in [0.4, 0.5) is 0 Å². The number of nitrogens with one attached hydrogen (secondary N) is 1. The van der Waals surface area contributed by atoms with Crippen molar-refractivity contribution in [3.05, 3.63) is 0 Å². The number of hydrogen-bond donors (Lipinski definition) is 1. The minimum absolute atomic E-state index is 0.0936. The molecule has 21 heavy (non-hydrogen) atoms. The lowest BCUT2D eigenvalue weighted by Gasteiger charge is -2.45. The van der Waals surface area contributed by atoms with E-state index < -0.39 is 5.54 Å². The van der Waals surface area contributed by atoms with E-state index in [0.29, 0.717) is 17.8 Å². The highest BCUT2D eigenvalue weighted by Crippen LogP contribution is 2.45. The first-order chi connectivity index (χ1) is 9.93. The summed E-state index contributed by atoms with van der Waals surface area (Å²) in [5, 5.41) is 3.07. The highest BCUT2D eigenvalue weighted by Gasteiger charge is 2.57. The highest BCUT2D eigenvalue weighted by atomic mass is 16.2. The minimum Gasteiger partial charge on any atom is -0.340 e. The molecule has 118 valence electrons. The smallest absolute Gasteiger partial charge is 0.249 e. The molecule has 2 aliphatic carbocycles. The van der Waals surface area contributed by atoms with Crippen molar-refractivity contribution < 1.29 is 9.59 Å². The second-order valence-corrected chi connectivity index (χ2v) is 7.78. The largest absolute Gasteiger partial charge is 0.340 e. The first-order valence-electron chi connectivity index (χ1n) is 8.56. The average Bonchev–Trinajstić information content (AvgIpc) is 3.27. The zero-order valence-electron chi connectivity index (χ0n) is 13.5. The summed E-state index contributed by atoms with van der Waals surface area (Å²) in [5.74, 6) is 1.66. The van der Waals surface area contributed by atoms with Crippen LogP contribution < -0.4 is 5.32 Å². The first kappa shape index (κ1) is 14.9. The molecule has 2 atom stereocenters. The van der Waals surface area contributed by atoms with Crippen LogP contribution in [0.1, 0.15) is 59.3 Å². The van der Waals surface area contributed by atoms with Gasteiger partial charge in [0.25, 0.3) is 0 Å². The Kier molecular flexibility index (Phi) is 3.74. The van der Waals surface area contributed by atoms with E-state index in [1.807, 2.05) is 11.8 Å². The summed E-state index contributed by atoms with van der Waals surface area (Å²) in [5.41, 5.74) is -0.639. The van der Waals surface area contributed by atoms with Crippen LogP contribution in [0.3, 0.4) is 0 Å². The Morgan fingerprint density at radius 3 is 2.43 bits per heavy atom. The van der Waals surface area contributed by atoms with Crippen LogP contribution in [-0.2, 0) is 9.59 Å². The second kappa shape index (κ2) is 5.29. The van der Waals surface area contributed by atoms with Crippen molar-refractivity contribution in [1.82, 2.24) is 10.2 Å². The zero-order chi connectivity index (χ0) is 15.2. The maximum atomic E-state index is 13.0. The fourth-order valence-electron chi connectivity index (χ4n) is 3.68. The Hall–Kier alpha value is -1.06. The SMILES string of the molecule is CC(C)CCCN1C(=O)C(C)(C2CC2)NC(=O)C1C1CC1. The number of carbonyl (C=O) groups excluding carboxylic acids is 2. The molecular formula is C17H28N2O2. The maximum Gasteiger partial charge on any atom is 0.249 e. The van der Waals surface area contributed by atoms with Crippen molar-refractivity contribution in [1.29, 1.82) is 0 Å². The number of rotatable bonds is 6. The number of carbonyl (C=O) groups is 2. The molecular weight excluding hydrogens is 264 g/mol. The van der Waals surface area contributed by atoms with Crippen LogP contribution in [0.2, 0.25) is 0 Å². The van der Waals surface area contributed by atoms with Crippen LogP contribution in [-0.4, -0.2) is 34.8 Å². The van der Waals surface area contributed by atoms with Gasteiger partial charge in [0.2, 0.25) is 11.8 Å². The van der Waals surface area contributed by atoms with E-state index in [1.54, 1.807) is 0 Å². The van der Waals surface area contributed by atoms with E-state index in [9.17, 15) is 9.59 Å². The molecule has 3 rings (SSSR count). The van der Waals surface area contributed by atoms with E-state index in [2.05, 4.69) is 19.2 Å². The van der Waals surface area contributed by atoms with Crippen molar-refractivity contribution in [3.8, 4) is 0 Å². The summed E-state index contributed by atoms with van der Waals surface area (Å²) in [4.78, 5) is 27.5. The lowest BCUT2D eigenvalue weighted by atomic mass is 9.88. The van der Waals surface area contributed by atoms with Crippen molar-refractivity contribution >= 4 is 11.8 Å². The number of hydrogen-bond acceptors (Lipinski definition) is 2. The van der Waals surface area contributed by atoms with Gasteiger partial charge in [0.05, 0.1) is 0 Å². The number of amides is 2. The van der Waals surface area contributed by atoms with Crippen molar-refractivity contribution in [2.24, 2.45) is 17.8 Å². The van der Waals surface area contributed by atoms with Crippen molar-refractivity contribution in [2.45, 2.75) is 70.9 Å². The summed E-state index contributed by atoms with van der Waals surface area (Å²) in [7, 11) is 0. The molecule has 0 aromatic heterocycles. The predicted molar refractivity (Wildman–Crippen MR) is 81.6 cm³/mol. The van der Waals surface area contributed by atoms with Gasteiger partial charge in [0.1, 0.15) is 11.6 Å². The van der Waals surface area contributed by atoms with Crippen LogP contribution >= 0.6 is 0 Å². The van der Waals surface area contributed by atoms with E-state index in [4.69, 9.17) is 0 Å². The fourth-order valence-corrected chi connectivity index (χ4v) is 3.68. The fraction of sp³-hybridized carbons (Fsp3) is 0.882. The molecule has 3 fully saturated rings. The molecule has 0 spiro atoms. The van der Waals surface area contributed by atoms with Gasteiger partial charge in [-0.2, -0.15) is 0 Å². The van der Waals surface area contributed by atoms with Gasteiger partial charge < -0.3 is 10.2 Å². The Morgan fingerprint density at radius 2 is 1.90 bits per heavy atom. The summed E-state index contributed by atoms with van der Waals surface area (Å²) in [6.07, 6.45) is 6.43. The molecule has 4 nitrogen and oxygen atoms in total. The molecule has 0 aromatic carbocycles. The van der Waals surface area contributed by atoms with E-state index >= 15 is 0 Å².